The van der Waals surface area contributed by atoms with E-state index in [1.165, 1.54) is 19.3 Å². The summed E-state index contributed by atoms with van der Waals surface area (Å²) in [6.45, 7) is 7.25. The van der Waals surface area contributed by atoms with E-state index < -0.39 is 0 Å². The van der Waals surface area contributed by atoms with Crippen LogP contribution in [0.25, 0.3) is 0 Å². The van der Waals surface area contributed by atoms with Crippen molar-refractivity contribution in [3.05, 3.63) is 71.3 Å². The second kappa shape index (κ2) is 8.74. The van der Waals surface area contributed by atoms with Crippen molar-refractivity contribution in [2.45, 2.75) is 45.7 Å². The topological polar surface area (TPSA) is 63.6 Å². The molecule has 29 heavy (non-hydrogen) atoms. The Morgan fingerprint density at radius 2 is 1.86 bits per heavy atom. The molecular formula is C23H29N3O3. The van der Waals surface area contributed by atoms with E-state index in [0.717, 1.165) is 36.0 Å². The summed E-state index contributed by atoms with van der Waals surface area (Å²) in [5.41, 5.74) is 2.71. The third-order valence-corrected chi connectivity index (χ3v) is 5.87. The zero-order valence-electron chi connectivity index (χ0n) is 17.2. The number of hydrogen-bond donors (Lipinski definition) is 1. The molecule has 0 bridgehead atoms. The van der Waals surface area contributed by atoms with Crippen LogP contribution in [0, 0.1) is 13.8 Å². The van der Waals surface area contributed by atoms with Crippen molar-refractivity contribution in [2.24, 2.45) is 0 Å². The van der Waals surface area contributed by atoms with Gasteiger partial charge in [-0.1, -0.05) is 6.42 Å². The maximum atomic E-state index is 13.0. The van der Waals surface area contributed by atoms with E-state index in [1.807, 2.05) is 44.2 Å². The molecule has 1 N–H and O–H groups in total. The molecular weight excluding hydrogens is 366 g/mol. The molecule has 1 atom stereocenters. The second-order valence-corrected chi connectivity index (χ2v) is 7.79. The van der Waals surface area contributed by atoms with Crippen LogP contribution in [0.15, 0.2) is 51.7 Å². The van der Waals surface area contributed by atoms with Crippen LogP contribution >= 0.6 is 0 Å². The van der Waals surface area contributed by atoms with Gasteiger partial charge in [0.15, 0.2) is 0 Å². The van der Waals surface area contributed by atoms with Crippen LogP contribution in [0.1, 0.15) is 58.6 Å². The minimum Gasteiger partial charge on any atom is -0.468 e. The maximum Gasteiger partial charge on any atom is 0.253 e. The van der Waals surface area contributed by atoms with Gasteiger partial charge in [0, 0.05) is 17.9 Å². The zero-order chi connectivity index (χ0) is 20.2. The lowest BCUT2D eigenvalue weighted by molar-refractivity contribution is 0.0913. The highest BCUT2D eigenvalue weighted by molar-refractivity contribution is 5.95. The second-order valence-electron chi connectivity index (χ2n) is 7.79. The van der Waals surface area contributed by atoms with E-state index in [1.54, 1.807) is 12.5 Å². The van der Waals surface area contributed by atoms with Crippen molar-refractivity contribution >= 4 is 5.91 Å². The first-order valence-corrected chi connectivity index (χ1v) is 10.4. The molecule has 1 aliphatic heterocycles. The van der Waals surface area contributed by atoms with Gasteiger partial charge in [-0.05, 0) is 70.1 Å². The van der Waals surface area contributed by atoms with Crippen LogP contribution in [-0.4, -0.2) is 35.0 Å². The fourth-order valence-corrected chi connectivity index (χ4v) is 4.24. The average Bonchev–Trinajstić information content (AvgIpc) is 3.48. The lowest BCUT2D eigenvalue weighted by Gasteiger charge is -2.33. The zero-order valence-corrected chi connectivity index (χ0v) is 17.2. The molecule has 0 aliphatic carbocycles. The summed E-state index contributed by atoms with van der Waals surface area (Å²) in [5, 5.41) is 3.15. The van der Waals surface area contributed by atoms with Crippen LogP contribution in [0.4, 0.5) is 0 Å². The fraction of sp³-hybridized carbons (Fsp3) is 0.435. The number of hydrogen-bond acceptors (Lipinski definition) is 4. The number of carbonyl (C=O) groups excluding carboxylic acids is 1. The Balaban J connectivity index is 1.47. The third kappa shape index (κ3) is 4.32. The van der Waals surface area contributed by atoms with E-state index in [2.05, 4.69) is 14.8 Å². The first kappa shape index (κ1) is 19.6. The van der Waals surface area contributed by atoms with Crippen LogP contribution in [0.5, 0.6) is 0 Å². The summed E-state index contributed by atoms with van der Waals surface area (Å²) in [7, 11) is 0. The van der Waals surface area contributed by atoms with Crippen molar-refractivity contribution < 1.29 is 13.6 Å². The van der Waals surface area contributed by atoms with Gasteiger partial charge in [0.05, 0.1) is 30.7 Å². The SMILES string of the molecule is Cc1cc(C(=O)NCC(c2ccco2)N2CCCCC2)c(C)n1Cc1ccco1. The molecule has 6 heteroatoms. The molecule has 1 unspecified atom stereocenters. The Morgan fingerprint density at radius 1 is 1.10 bits per heavy atom. The van der Waals surface area contributed by atoms with Gasteiger partial charge in [0.1, 0.15) is 11.5 Å². The van der Waals surface area contributed by atoms with Gasteiger partial charge >= 0.3 is 0 Å². The van der Waals surface area contributed by atoms with Crippen molar-refractivity contribution in [2.75, 3.05) is 19.6 Å². The molecule has 0 saturated carbocycles. The summed E-state index contributed by atoms with van der Waals surface area (Å²) in [6, 6.07) is 9.77. The summed E-state index contributed by atoms with van der Waals surface area (Å²) in [5.74, 6) is 1.74. The summed E-state index contributed by atoms with van der Waals surface area (Å²) in [6.07, 6.45) is 7.04. The lowest BCUT2D eigenvalue weighted by Crippen LogP contribution is -2.40. The molecule has 154 valence electrons. The normalized spacial score (nSPS) is 16.1. The Bertz CT molecular complexity index is 919. The smallest absolute Gasteiger partial charge is 0.253 e. The average molecular weight is 396 g/mol. The molecule has 3 aromatic rings. The number of furan rings is 2. The largest absolute Gasteiger partial charge is 0.468 e. The first-order chi connectivity index (χ1) is 14.1. The van der Waals surface area contributed by atoms with Crippen molar-refractivity contribution in [3.8, 4) is 0 Å². The Morgan fingerprint density at radius 3 is 2.55 bits per heavy atom. The number of carbonyl (C=O) groups is 1. The Hall–Kier alpha value is -2.73. The number of nitrogens with one attached hydrogen (secondary N) is 1. The first-order valence-electron chi connectivity index (χ1n) is 10.4. The number of aryl methyl sites for hydroxylation is 1. The number of rotatable bonds is 7. The third-order valence-electron chi connectivity index (χ3n) is 5.87. The number of piperidine rings is 1. The molecule has 1 amide bonds. The molecule has 1 saturated heterocycles. The van der Waals surface area contributed by atoms with E-state index in [4.69, 9.17) is 8.83 Å². The molecule has 3 aromatic heterocycles. The quantitative estimate of drug-likeness (QED) is 0.648. The highest BCUT2D eigenvalue weighted by Crippen LogP contribution is 2.25. The molecule has 4 rings (SSSR count). The highest BCUT2D eigenvalue weighted by atomic mass is 16.3. The minimum atomic E-state index is -0.0441. The van der Waals surface area contributed by atoms with Crippen LogP contribution < -0.4 is 5.32 Å². The van der Waals surface area contributed by atoms with Crippen molar-refractivity contribution in [1.29, 1.82) is 0 Å². The summed E-state index contributed by atoms with van der Waals surface area (Å²) < 4.78 is 13.3. The number of amides is 1. The lowest BCUT2D eigenvalue weighted by atomic mass is 10.1. The molecule has 4 heterocycles. The van der Waals surface area contributed by atoms with Gasteiger partial charge in [-0.25, -0.2) is 0 Å². The van der Waals surface area contributed by atoms with Gasteiger partial charge in [0.25, 0.3) is 5.91 Å². The van der Waals surface area contributed by atoms with Crippen molar-refractivity contribution in [1.82, 2.24) is 14.8 Å². The maximum absolute atomic E-state index is 13.0. The van der Waals surface area contributed by atoms with E-state index in [0.29, 0.717) is 18.7 Å². The fourth-order valence-electron chi connectivity index (χ4n) is 4.24. The molecule has 6 nitrogen and oxygen atoms in total. The van der Waals surface area contributed by atoms with Gasteiger partial charge in [0.2, 0.25) is 0 Å². The standard InChI is InChI=1S/C23H29N3O3/c1-17-14-20(18(2)26(17)16-19-8-6-12-28-19)23(27)24-15-21(22-9-7-13-29-22)25-10-4-3-5-11-25/h6-9,12-14,21H,3-5,10-11,15-16H2,1-2H3,(H,24,27). The molecule has 0 radical (unpaired) electrons. The molecule has 1 aliphatic rings. The predicted octanol–water partition coefficient (Wildman–Crippen LogP) is 4.30. The van der Waals surface area contributed by atoms with Gasteiger partial charge in [-0.15, -0.1) is 0 Å². The van der Waals surface area contributed by atoms with E-state index in [-0.39, 0.29) is 11.9 Å². The number of aromatic nitrogens is 1. The van der Waals surface area contributed by atoms with Crippen LogP contribution in [-0.2, 0) is 6.54 Å². The Kier molecular flexibility index (Phi) is 5.90. The minimum absolute atomic E-state index is 0.0441. The highest BCUT2D eigenvalue weighted by Gasteiger charge is 2.26. The summed E-state index contributed by atoms with van der Waals surface area (Å²) >= 11 is 0. The van der Waals surface area contributed by atoms with Gasteiger partial charge < -0.3 is 18.7 Å². The molecule has 0 aromatic carbocycles. The van der Waals surface area contributed by atoms with Crippen LogP contribution in [0.2, 0.25) is 0 Å². The van der Waals surface area contributed by atoms with E-state index in [9.17, 15) is 4.79 Å². The monoisotopic (exact) mass is 395 g/mol. The van der Waals surface area contributed by atoms with Crippen molar-refractivity contribution in [3.63, 3.8) is 0 Å². The van der Waals surface area contributed by atoms with Gasteiger partial charge in [-0.3, -0.25) is 9.69 Å². The van der Waals surface area contributed by atoms with E-state index >= 15 is 0 Å². The predicted molar refractivity (Wildman–Crippen MR) is 111 cm³/mol. The number of nitrogens with zero attached hydrogens (tertiary/aromatic N) is 2. The van der Waals surface area contributed by atoms with Gasteiger partial charge in [-0.2, -0.15) is 0 Å². The molecule has 1 fully saturated rings. The Labute approximate surface area is 171 Å². The number of likely N-dealkylation sites (tertiary alicyclic amines) is 1. The molecule has 0 spiro atoms. The van der Waals surface area contributed by atoms with Crippen LogP contribution in [0.3, 0.4) is 0 Å². The summed E-state index contributed by atoms with van der Waals surface area (Å²) in [4.78, 5) is 15.4.